The molecule has 2 aromatic heterocycles. The maximum atomic E-state index is 12.8. The number of hydrogen-bond donors (Lipinski definition) is 1. The van der Waals surface area contributed by atoms with Crippen molar-refractivity contribution in [2.75, 3.05) is 25.4 Å². The van der Waals surface area contributed by atoms with Crippen LogP contribution in [0.1, 0.15) is 0 Å². The molecule has 1 aliphatic heterocycles. The van der Waals surface area contributed by atoms with Crippen molar-refractivity contribution in [2.24, 2.45) is 0 Å². The molecule has 0 radical (unpaired) electrons. The Labute approximate surface area is 121 Å². The maximum absolute atomic E-state index is 12.8. The first-order valence-corrected chi connectivity index (χ1v) is 7.72. The number of nitrogens with zero attached hydrogens (tertiary/aromatic N) is 4. The van der Waals surface area contributed by atoms with Crippen molar-refractivity contribution in [3.63, 3.8) is 0 Å². The average molecular weight is 307 g/mol. The monoisotopic (exact) mass is 307 g/mol. The van der Waals surface area contributed by atoms with Gasteiger partial charge in [0.15, 0.2) is 16.9 Å². The second-order valence-electron chi connectivity index (χ2n) is 4.58. The van der Waals surface area contributed by atoms with E-state index in [1.54, 1.807) is 24.4 Å². The van der Waals surface area contributed by atoms with Crippen LogP contribution in [-0.2, 0) is 14.8 Å². The molecule has 0 bridgehead atoms. The van der Waals surface area contributed by atoms with Gasteiger partial charge in [0.2, 0.25) is 0 Å². The first-order valence-electron chi connectivity index (χ1n) is 6.28. The lowest BCUT2D eigenvalue weighted by molar-refractivity contribution is 0.0310. The van der Waals surface area contributed by atoms with E-state index in [9.17, 15) is 8.42 Å². The van der Waals surface area contributed by atoms with E-state index in [2.05, 4.69) is 4.98 Å². The topological polar surface area (TPSA) is 114 Å². The van der Waals surface area contributed by atoms with Crippen LogP contribution in [0.5, 0.6) is 0 Å². The van der Waals surface area contributed by atoms with Crippen molar-refractivity contribution in [3.05, 3.63) is 24.4 Å². The molecule has 0 spiro atoms. The van der Waals surface area contributed by atoms with Crippen molar-refractivity contribution < 1.29 is 13.2 Å². The zero-order valence-electron chi connectivity index (χ0n) is 11.0. The number of morpholine rings is 1. The minimum absolute atomic E-state index is 0.0155. The van der Waals surface area contributed by atoms with Gasteiger partial charge in [0, 0.05) is 12.7 Å². The van der Waals surface area contributed by atoms with Gasteiger partial charge in [0.25, 0.3) is 10.0 Å². The van der Waals surface area contributed by atoms with E-state index >= 15 is 0 Å². The molecule has 1 saturated heterocycles. The first-order chi connectivity index (χ1) is 10.0. The fourth-order valence-corrected chi connectivity index (χ4v) is 3.90. The number of anilines is 1. The van der Waals surface area contributed by atoms with Crippen LogP contribution in [0.25, 0.3) is 5.65 Å². The van der Waals surface area contributed by atoms with Gasteiger partial charge in [-0.05, 0) is 12.1 Å². The van der Waals surface area contributed by atoms with Gasteiger partial charge in [-0.15, -0.1) is 0 Å². The summed E-state index contributed by atoms with van der Waals surface area (Å²) in [5, 5.41) is 8.82. The molecule has 9 heteroatoms. The van der Waals surface area contributed by atoms with Gasteiger partial charge in [-0.25, -0.2) is 13.4 Å². The van der Waals surface area contributed by atoms with Crippen LogP contribution in [0.4, 0.5) is 5.82 Å². The lowest BCUT2D eigenvalue weighted by Gasteiger charge is -2.28. The Morgan fingerprint density at radius 3 is 3.05 bits per heavy atom. The fraction of sp³-hybridized carbons (Fsp3) is 0.333. The Hall–Kier alpha value is -2.15. The number of pyridine rings is 1. The van der Waals surface area contributed by atoms with E-state index in [1.165, 1.54) is 8.71 Å². The molecule has 3 heterocycles. The van der Waals surface area contributed by atoms with Crippen LogP contribution in [0.15, 0.2) is 29.4 Å². The molecule has 2 N–H and O–H groups in total. The molecule has 0 amide bonds. The Morgan fingerprint density at radius 2 is 2.29 bits per heavy atom. The van der Waals surface area contributed by atoms with Gasteiger partial charge < -0.3 is 10.5 Å². The summed E-state index contributed by atoms with van der Waals surface area (Å²) >= 11 is 0. The lowest BCUT2D eigenvalue weighted by Crippen LogP contribution is -2.45. The van der Waals surface area contributed by atoms with Crippen molar-refractivity contribution in [1.29, 1.82) is 5.26 Å². The average Bonchev–Trinajstić information content (AvgIpc) is 2.83. The zero-order chi connectivity index (χ0) is 15.0. The second kappa shape index (κ2) is 5.00. The summed E-state index contributed by atoms with van der Waals surface area (Å²) in [6.45, 7) is 0.340. The van der Waals surface area contributed by atoms with Crippen molar-refractivity contribution in [1.82, 2.24) is 13.7 Å². The van der Waals surface area contributed by atoms with E-state index in [-0.39, 0.29) is 30.5 Å². The van der Waals surface area contributed by atoms with Crippen molar-refractivity contribution in [3.8, 4) is 6.07 Å². The van der Waals surface area contributed by atoms with Crippen molar-refractivity contribution >= 4 is 21.5 Å². The third-order valence-electron chi connectivity index (χ3n) is 3.27. The van der Waals surface area contributed by atoms with Crippen LogP contribution in [0, 0.1) is 11.3 Å². The SMILES string of the molecule is N#CC1CN(S(=O)(=O)c2c(N)nc3ccccn23)CCO1. The number of rotatable bonds is 2. The van der Waals surface area contributed by atoms with Gasteiger partial charge in [0.1, 0.15) is 5.65 Å². The zero-order valence-corrected chi connectivity index (χ0v) is 11.8. The van der Waals surface area contributed by atoms with Gasteiger partial charge in [-0.2, -0.15) is 9.57 Å². The third-order valence-corrected chi connectivity index (χ3v) is 5.17. The molecule has 1 fully saturated rings. The summed E-state index contributed by atoms with van der Waals surface area (Å²) in [5.74, 6) is -0.0544. The van der Waals surface area contributed by atoms with Crippen LogP contribution < -0.4 is 5.73 Å². The highest BCUT2D eigenvalue weighted by molar-refractivity contribution is 7.89. The fourth-order valence-electron chi connectivity index (χ4n) is 2.29. The smallest absolute Gasteiger partial charge is 0.263 e. The maximum Gasteiger partial charge on any atom is 0.263 e. The number of nitrogen functional groups attached to an aromatic ring is 1. The second-order valence-corrected chi connectivity index (χ2v) is 6.44. The highest BCUT2D eigenvalue weighted by Crippen LogP contribution is 2.25. The number of hydrogen-bond acceptors (Lipinski definition) is 6. The number of fused-ring (bicyclic) bond motifs is 1. The van der Waals surface area contributed by atoms with E-state index in [0.717, 1.165) is 0 Å². The Kier molecular flexibility index (Phi) is 3.29. The van der Waals surface area contributed by atoms with E-state index < -0.39 is 16.1 Å². The van der Waals surface area contributed by atoms with Crippen molar-refractivity contribution in [2.45, 2.75) is 11.1 Å². The van der Waals surface area contributed by atoms with Crippen LogP contribution in [-0.4, -0.2) is 47.9 Å². The summed E-state index contributed by atoms with van der Waals surface area (Å²) in [5.41, 5.74) is 6.24. The van der Waals surface area contributed by atoms with Gasteiger partial charge in [-0.3, -0.25) is 4.40 Å². The van der Waals surface area contributed by atoms with Crippen LogP contribution in [0.2, 0.25) is 0 Å². The predicted octanol–water partition coefficient (Wildman–Crippen LogP) is -0.170. The molecule has 0 saturated carbocycles. The minimum Gasteiger partial charge on any atom is -0.381 e. The highest BCUT2D eigenvalue weighted by atomic mass is 32.2. The summed E-state index contributed by atoms with van der Waals surface area (Å²) in [7, 11) is -3.84. The van der Waals surface area contributed by atoms with Crippen LogP contribution in [0.3, 0.4) is 0 Å². The predicted molar refractivity (Wildman–Crippen MR) is 73.7 cm³/mol. The Morgan fingerprint density at radius 1 is 1.48 bits per heavy atom. The molecule has 1 aliphatic rings. The third kappa shape index (κ3) is 2.23. The quantitative estimate of drug-likeness (QED) is 0.824. The Bertz CT molecular complexity index is 823. The summed E-state index contributed by atoms with van der Waals surface area (Å²) < 4.78 is 33.3. The Balaban J connectivity index is 2.09. The number of nitriles is 1. The van der Waals surface area contributed by atoms with E-state index in [0.29, 0.717) is 5.65 Å². The molecule has 1 atom stereocenters. The van der Waals surface area contributed by atoms with Gasteiger partial charge in [0.05, 0.1) is 19.2 Å². The van der Waals surface area contributed by atoms with Gasteiger partial charge >= 0.3 is 0 Å². The standard InChI is InChI=1S/C12H13N5O3S/c13-7-9-8-16(5-6-20-9)21(18,19)12-11(14)15-10-3-1-2-4-17(10)12/h1-4,9H,5-6,8,14H2. The highest BCUT2D eigenvalue weighted by Gasteiger charge is 2.34. The van der Waals surface area contributed by atoms with Crippen LogP contribution >= 0.6 is 0 Å². The molecular formula is C12H13N5O3S. The molecule has 0 aliphatic carbocycles. The lowest BCUT2D eigenvalue weighted by atomic mass is 10.3. The first kappa shape index (κ1) is 13.8. The number of aromatic nitrogens is 2. The molecule has 21 heavy (non-hydrogen) atoms. The summed E-state index contributed by atoms with van der Waals surface area (Å²) in [6.07, 6.45) is 0.822. The largest absolute Gasteiger partial charge is 0.381 e. The molecule has 3 rings (SSSR count). The van der Waals surface area contributed by atoms with Gasteiger partial charge in [-0.1, -0.05) is 6.07 Å². The molecule has 8 nitrogen and oxygen atoms in total. The molecule has 110 valence electrons. The summed E-state index contributed by atoms with van der Waals surface area (Å²) in [6, 6.07) is 7.04. The number of sulfonamides is 1. The number of nitrogens with two attached hydrogens (primary N) is 1. The van der Waals surface area contributed by atoms with E-state index in [4.69, 9.17) is 15.7 Å². The summed E-state index contributed by atoms with van der Waals surface area (Å²) in [4.78, 5) is 4.05. The number of ether oxygens (including phenoxy) is 1. The molecule has 0 aromatic carbocycles. The molecular weight excluding hydrogens is 294 g/mol. The number of imidazole rings is 1. The molecule has 1 unspecified atom stereocenters. The minimum atomic E-state index is -3.84. The molecule has 2 aromatic rings. The van der Waals surface area contributed by atoms with E-state index in [1.807, 2.05) is 6.07 Å². The normalized spacial score (nSPS) is 20.4.